The van der Waals surface area contributed by atoms with Crippen LogP contribution in [-0.2, 0) is 6.54 Å². The summed E-state index contributed by atoms with van der Waals surface area (Å²) in [4.78, 5) is 22.9. The summed E-state index contributed by atoms with van der Waals surface area (Å²) in [5.41, 5.74) is 1.36. The first kappa shape index (κ1) is 13.9. The van der Waals surface area contributed by atoms with E-state index in [9.17, 15) is 9.59 Å². The standard InChI is InChI=1S/C15H16N2O3/c1-2-9-17-10-3-4-13(17)14(18)16-12-7-5-11(6-8-12)15(19)20/h3-8,10H,2,9H2,1H3,(H,16,18)(H,19,20). The van der Waals surface area contributed by atoms with Crippen LogP contribution < -0.4 is 5.32 Å². The number of carbonyl (C=O) groups excluding carboxylic acids is 1. The lowest BCUT2D eigenvalue weighted by molar-refractivity contribution is 0.0696. The van der Waals surface area contributed by atoms with Crippen LogP contribution in [0.15, 0.2) is 42.6 Å². The Kier molecular flexibility index (Phi) is 4.20. The summed E-state index contributed by atoms with van der Waals surface area (Å²) in [5.74, 6) is -1.19. The molecule has 5 nitrogen and oxygen atoms in total. The normalized spacial score (nSPS) is 10.2. The summed E-state index contributed by atoms with van der Waals surface area (Å²) in [6, 6.07) is 9.67. The van der Waals surface area contributed by atoms with Crippen LogP contribution in [0.1, 0.15) is 34.2 Å². The number of carboxylic acid groups (broad SMARTS) is 1. The minimum absolute atomic E-state index is 0.192. The summed E-state index contributed by atoms with van der Waals surface area (Å²) in [6.07, 6.45) is 2.81. The number of aromatic nitrogens is 1. The van der Waals surface area contributed by atoms with Gasteiger partial charge >= 0.3 is 5.97 Å². The van der Waals surface area contributed by atoms with Crippen LogP contribution in [0.25, 0.3) is 0 Å². The number of benzene rings is 1. The van der Waals surface area contributed by atoms with E-state index >= 15 is 0 Å². The maximum Gasteiger partial charge on any atom is 0.335 e. The van der Waals surface area contributed by atoms with Gasteiger partial charge in [0.05, 0.1) is 5.56 Å². The third-order valence-electron chi connectivity index (χ3n) is 2.92. The van der Waals surface area contributed by atoms with Crippen LogP contribution in [-0.4, -0.2) is 21.6 Å². The van der Waals surface area contributed by atoms with E-state index in [1.807, 2.05) is 23.8 Å². The van der Waals surface area contributed by atoms with Gasteiger partial charge in [-0.3, -0.25) is 4.79 Å². The van der Waals surface area contributed by atoms with Crippen molar-refractivity contribution in [3.63, 3.8) is 0 Å². The van der Waals surface area contributed by atoms with Crippen LogP contribution in [0.3, 0.4) is 0 Å². The van der Waals surface area contributed by atoms with Crippen LogP contribution in [0.5, 0.6) is 0 Å². The predicted octanol–water partition coefficient (Wildman–Crippen LogP) is 2.85. The maximum atomic E-state index is 12.1. The Bertz CT molecular complexity index is 614. The molecule has 1 aromatic carbocycles. The Morgan fingerprint density at radius 2 is 1.90 bits per heavy atom. The topological polar surface area (TPSA) is 71.3 Å². The molecule has 0 aliphatic carbocycles. The molecule has 0 spiro atoms. The van der Waals surface area contributed by atoms with Crippen molar-refractivity contribution >= 4 is 17.6 Å². The van der Waals surface area contributed by atoms with E-state index in [1.165, 1.54) is 12.1 Å². The quantitative estimate of drug-likeness (QED) is 0.879. The van der Waals surface area contributed by atoms with Gasteiger partial charge in [-0.2, -0.15) is 0 Å². The van der Waals surface area contributed by atoms with Gasteiger partial charge in [0.15, 0.2) is 0 Å². The van der Waals surface area contributed by atoms with E-state index in [-0.39, 0.29) is 11.5 Å². The van der Waals surface area contributed by atoms with Crippen LogP contribution in [0, 0.1) is 0 Å². The lowest BCUT2D eigenvalue weighted by atomic mass is 10.2. The van der Waals surface area contributed by atoms with Crippen LogP contribution in [0.2, 0.25) is 0 Å². The maximum absolute atomic E-state index is 12.1. The number of amides is 1. The smallest absolute Gasteiger partial charge is 0.335 e. The molecule has 2 rings (SSSR count). The highest BCUT2D eigenvalue weighted by molar-refractivity contribution is 6.03. The fraction of sp³-hybridized carbons (Fsp3) is 0.200. The molecule has 20 heavy (non-hydrogen) atoms. The Hall–Kier alpha value is -2.56. The fourth-order valence-corrected chi connectivity index (χ4v) is 1.95. The fourth-order valence-electron chi connectivity index (χ4n) is 1.95. The molecule has 0 atom stereocenters. The molecule has 0 saturated heterocycles. The SMILES string of the molecule is CCCn1cccc1C(=O)Nc1ccc(C(=O)O)cc1. The highest BCUT2D eigenvalue weighted by atomic mass is 16.4. The Labute approximate surface area is 116 Å². The molecule has 5 heteroatoms. The molecule has 0 radical (unpaired) electrons. The highest BCUT2D eigenvalue weighted by Crippen LogP contribution is 2.12. The summed E-state index contributed by atoms with van der Waals surface area (Å²) in [5, 5.41) is 11.6. The van der Waals surface area contributed by atoms with Crippen LogP contribution in [0.4, 0.5) is 5.69 Å². The zero-order chi connectivity index (χ0) is 14.5. The van der Waals surface area contributed by atoms with E-state index in [0.717, 1.165) is 13.0 Å². The Morgan fingerprint density at radius 3 is 2.50 bits per heavy atom. The zero-order valence-corrected chi connectivity index (χ0v) is 11.2. The molecule has 2 aromatic rings. The first-order chi connectivity index (χ1) is 9.61. The minimum atomic E-state index is -0.986. The summed E-state index contributed by atoms with van der Waals surface area (Å²) < 4.78 is 1.89. The van der Waals surface area contributed by atoms with E-state index < -0.39 is 5.97 Å². The molecule has 0 aliphatic heterocycles. The second-order valence-corrected chi connectivity index (χ2v) is 4.42. The van der Waals surface area contributed by atoms with Crippen molar-refractivity contribution in [2.75, 3.05) is 5.32 Å². The van der Waals surface area contributed by atoms with Gasteiger partial charge in [-0.25, -0.2) is 4.79 Å². The number of carbonyl (C=O) groups is 2. The summed E-state index contributed by atoms with van der Waals surface area (Å²) in [7, 11) is 0. The lowest BCUT2D eigenvalue weighted by Gasteiger charge is -2.09. The zero-order valence-electron chi connectivity index (χ0n) is 11.2. The third kappa shape index (κ3) is 3.06. The van der Waals surface area contributed by atoms with E-state index in [0.29, 0.717) is 11.4 Å². The van der Waals surface area contributed by atoms with Gasteiger partial charge in [-0.15, -0.1) is 0 Å². The van der Waals surface area contributed by atoms with E-state index in [1.54, 1.807) is 18.2 Å². The Balaban J connectivity index is 2.11. The number of rotatable bonds is 5. The molecule has 2 N–H and O–H groups in total. The number of carboxylic acids is 1. The molecule has 1 amide bonds. The lowest BCUT2D eigenvalue weighted by Crippen LogP contribution is -2.16. The van der Waals surface area contributed by atoms with Crippen molar-refractivity contribution in [3.05, 3.63) is 53.9 Å². The van der Waals surface area contributed by atoms with Gasteiger partial charge in [0.25, 0.3) is 5.91 Å². The second-order valence-electron chi connectivity index (χ2n) is 4.42. The molecular formula is C15H16N2O3. The molecule has 1 aromatic heterocycles. The average Bonchev–Trinajstić information content (AvgIpc) is 2.88. The number of aryl methyl sites for hydroxylation is 1. The van der Waals surface area contributed by atoms with Gasteiger partial charge in [0.2, 0.25) is 0 Å². The number of hydrogen-bond donors (Lipinski definition) is 2. The molecule has 0 bridgehead atoms. The first-order valence-corrected chi connectivity index (χ1v) is 6.41. The van der Waals surface area contributed by atoms with Gasteiger partial charge in [-0.1, -0.05) is 6.92 Å². The number of aromatic carboxylic acids is 1. The van der Waals surface area contributed by atoms with Crippen molar-refractivity contribution in [2.45, 2.75) is 19.9 Å². The number of nitrogens with one attached hydrogen (secondary N) is 1. The second kappa shape index (κ2) is 6.06. The van der Waals surface area contributed by atoms with Crippen molar-refractivity contribution in [3.8, 4) is 0 Å². The first-order valence-electron chi connectivity index (χ1n) is 6.41. The van der Waals surface area contributed by atoms with Crippen LogP contribution >= 0.6 is 0 Å². The van der Waals surface area contributed by atoms with Gasteiger partial charge < -0.3 is 15.0 Å². The van der Waals surface area contributed by atoms with Gasteiger partial charge in [-0.05, 0) is 42.8 Å². The molecular weight excluding hydrogens is 256 g/mol. The predicted molar refractivity (Wildman–Crippen MR) is 76.1 cm³/mol. The summed E-state index contributed by atoms with van der Waals surface area (Å²) >= 11 is 0. The van der Waals surface area contributed by atoms with E-state index in [2.05, 4.69) is 5.32 Å². The largest absolute Gasteiger partial charge is 0.478 e. The number of hydrogen-bond acceptors (Lipinski definition) is 2. The minimum Gasteiger partial charge on any atom is -0.478 e. The van der Waals surface area contributed by atoms with Crippen molar-refractivity contribution in [1.82, 2.24) is 4.57 Å². The highest BCUT2D eigenvalue weighted by Gasteiger charge is 2.11. The van der Waals surface area contributed by atoms with E-state index in [4.69, 9.17) is 5.11 Å². The Morgan fingerprint density at radius 1 is 1.20 bits per heavy atom. The summed E-state index contributed by atoms with van der Waals surface area (Å²) in [6.45, 7) is 2.83. The third-order valence-corrected chi connectivity index (χ3v) is 2.92. The van der Waals surface area contributed by atoms with Gasteiger partial charge in [0.1, 0.15) is 5.69 Å². The van der Waals surface area contributed by atoms with Crippen molar-refractivity contribution in [1.29, 1.82) is 0 Å². The average molecular weight is 272 g/mol. The molecule has 0 unspecified atom stereocenters. The molecule has 0 aliphatic rings. The van der Waals surface area contributed by atoms with Crippen molar-refractivity contribution < 1.29 is 14.7 Å². The molecule has 0 saturated carbocycles. The molecule has 104 valence electrons. The molecule has 0 fully saturated rings. The monoisotopic (exact) mass is 272 g/mol. The number of nitrogens with zero attached hydrogens (tertiary/aromatic N) is 1. The van der Waals surface area contributed by atoms with Crippen molar-refractivity contribution in [2.24, 2.45) is 0 Å². The molecule has 1 heterocycles. The number of anilines is 1. The van der Waals surface area contributed by atoms with Gasteiger partial charge in [0, 0.05) is 18.4 Å².